The third-order valence-electron chi connectivity index (χ3n) is 4.11. The van der Waals surface area contributed by atoms with E-state index in [1.165, 1.54) is 22.1 Å². The standard InChI is InChI=1S/C19H34NP/c1-10-20(13(2)3)16-12-14(18(4,5)6)11-15(17(16)21)19(7,8)9/h11-13H,10,21H2,1-9H3. The molecule has 0 saturated carbocycles. The summed E-state index contributed by atoms with van der Waals surface area (Å²) in [7, 11) is 3.00. The second-order valence-corrected chi connectivity index (χ2v) is 8.91. The maximum Gasteiger partial charge on any atom is 0.0447 e. The zero-order valence-electron chi connectivity index (χ0n) is 15.5. The average Bonchev–Trinajstić information content (AvgIpc) is 2.28. The first kappa shape index (κ1) is 18.5. The predicted octanol–water partition coefficient (Wildman–Crippen LogP) is 5.02. The minimum atomic E-state index is 0.156. The SMILES string of the molecule is CCN(c1cc(C(C)(C)C)cc(C(C)(C)C)c1P)C(C)C. The van der Waals surface area contributed by atoms with Crippen molar-refractivity contribution in [3.05, 3.63) is 23.3 Å². The Morgan fingerprint density at radius 1 is 1.00 bits per heavy atom. The highest BCUT2D eigenvalue weighted by molar-refractivity contribution is 7.28. The van der Waals surface area contributed by atoms with E-state index in [4.69, 9.17) is 0 Å². The van der Waals surface area contributed by atoms with Crippen molar-refractivity contribution in [1.29, 1.82) is 0 Å². The van der Waals surface area contributed by atoms with Gasteiger partial charge in [-0.3, -0.25) is 0 Å². The van der Waals surface area contributed by atoms with Gasteiger partial charge >= 0.3 is 0 Å². The lowest BCUT2D eigenvalue weighted by atomic mass is 9.80. The molecule has 1 atom stereocenters. The van der Waals surface area contributed by atoms with Gasteiger partial charge in [-0.15, -0.1) is 9.24 Å². The van der Waals surface area contributed by atoms with Crippen LogP contribution in [0.4, 0.5) is 5.69 Å². The van der Waals surface area contributed by atoms with E-state index in [1.807, 2.05) is 0 Å². The number of rotatable bonds is 3. The number of nitrogens with zero attached hydrogens (tertiary/aromatic N) is 1. The minimum Gasteiger partial charge on any atom is -0.369 e. The molecule has 1 unspecified atom stereocenters. The van der Waals surface area contributed by atoms with Crippen LogP contribution in [0.15, 0.2) is 12.1 Å². The molecular formula is C19H34NP. The Bertz CT molecular complexity index is 490. The average molecular weight is 307 g/mol. The van der Waals surface area contributed by atoms with Crippen LogP contribution in [-0.2, 0) is 10.8 Å². The van der Waals surface area contributed by atoms with Crippen molar-refractivity contribution < 1.29 is 0 Å². The van der Waals surface area contributed by atoms with Crippen LogP contribution in [0, 0.1) is 0 Å². The van der Waals surface area contributed by atoms with Crippen LogP contribution in [0.3, 0.4) is 0 Å². The molecule has 0 saturated heterocycles. The van der Waals surface area contributed by atoms with Gasteiger partial charge in [0, 0.05) is 18.3 Å². The van der Waals surface area contributed by atoms with Crippen LogP contribution in [0.25, 0.3) is 0 Å². The first-order valence-corrected chi connectivity index (χ1v) is 8.68. The summed E-state index contributed by atoms with van der Waals surface area (Å²) in [5.74, 6) is 0. The topological polar surface area (TPSA) is 3.24 Å². The van der Waals surface area contributed by atoms with Gasteiger partial charge < -0.3 is 4.90 Å². The Balaban J connectivity index is 3.63. The molecule has 2 heteroatoms. The Labute approximate surface area is 134 Å². The lowest BCUT2D eigenvalue weighted by Gasteiger charge is -2.34. The smallest absolute Gasteiger partial charge is 0.0447 e. The van der Waals surface area contributed by atoms with Gasteiger partial charge in [-0.05, 0) is 54.1 Å². The summed E-state index contributed by atoms with van der Waals surface area (Å²) < 4.78 is 0. The molecule has 1 aromatic carbocycles. The summed E-state index contributed by atoms with van der Waals surface area (Å²) in [5.41, 5.74) is 4.56. The Morgan fingerprint density at radius 2 is 1.52 bits per heavy atom. The largest absolute Gasteiger partial charge is 0.369 e. The van der Waals surface area contributed by atoms with Crippen LogP contribution in [0.2, 0.25) is 0 Å². The van der Waals surface area contributed by atoms with Gasteiger partial charge in [0.2, 0.25) is 0 Å². The van der Waals surface area contributed by atoms with Gasteiger partial charge in [-0.1, -0.05) is 47.6 Å². The zero-order valence-corrected chi connectivity index (χ0v) is 16.6. The van der Waals surface area contributed by atoms with Crippen molar-refractivity contribution >= 4 is 20.2 Å². The molecule has 120 valence electrons. The highest BCUT2D eigenvalue weighted by atomic mass is 31.0. The maximum absolute atomic E-state index is 3.00. The fourth-order valence-electron chi connectivity index (χ4n) is 2.74. The second-order valence-electron chi connectivity index (χ2n) is 8.34. The number of benzene rings is 1. The van der Waals surface area contributed by atoms with Crippen molar-refractivity contribution in [3.63, 3.8) is 0 Å². The fraction of sp³-hybridized carbons (Fsp3) is 0.684. The Morgan fingerprint density at radius 3 is 1.86 bits per heavy atom. The summed E-state index contributed by atoms with van der Waals surface area (Å²) in [6.45, 7) is 21.6. The monoisotopic (exact) mass is 307 g/mol. The van der Waals surface area contributed by atoms with Crippen molar-refractivity contribution in [1.82, 2.24) is 0 Å². The van der Waals surface area contributed by atoms with Crippen LogP contribution < -0.4 is 10.2 Å². The van der Waals surface area contributed by atoms with Gasteiger partial charge in [0.25, 0.3) is 0 Å². The third kappa shape index (κ3) is 4.22. The first-order valence-electron chi connectivity index (χ1n) is 8.10. The van der Waals surface area contributed by atoms with Crippen LogP contribution in [0.5, 0.6) is 0 Å². The molecular weight excluding hydrogens is 273 g/mol. The van der Waals surface area contributed by atoms with E-state index in [-0.39, 0.29) is 10.8 Å². The summed E-state index contributed by atoms with van der Waals surface area (Å²) in [5, 5.41) is 1.35. The molecule has 0 bridgehead atoms. The van der Waals surface area contributed by atoms with Gasteiger partial charge in [0.15, 0.2) is 0 Å². The normalized spacial score (nSPS) is 12.9. The van der Waals surface area contributed by atoms with E-state index in [0.29, 0.717) is 6.04 Å². The van der Waals surface area contributed by atoms with Crippen molar-refractivity contribution in [2.24, 2.45) is 0 Å². The molecule has 1 rings (SSSR count). The number of hydrogen-bond acceptors (Lipinski definition) is 1. The molecule has 0 fully saturated rings. The molecule has 0 amide bonds. The predicted molar refractivity (Wildman–Crippen MR) is 101 cm³/mol. The lowest BCUT2D eigenvalue weighted by molar-refractivity contribution is 0.570. The summed E-state index contributed by atoms with van der Waals surface area (Å²) >= 11 is 0. The van der Waals surface area contributed by atoms with Gasteiger partial charge in [-0.25, -0.2) is 0 Å². The first-order chi connectivity index (χ1) is 9.39. The van der Waals surface area contributed by atoms with Gasteiger partial charge in [0.1, 0.15) is 0 Å². The molecule has 1 aromatic rings. The van der Waals surface area contributed by atoms with Crippen molar-refractivity contribution in [3.8, 4) is 0 Å². The van der Waals surface area contributed by atoms with E-state index in [1.54, 1.807) is 0 Å². The minimum absolute atomic E-state index is 0.156. The fourth-order valence-corrected chi connectivity index (χ4v) is 3.51. The van der Waals surface area contributed by atoms with E-state index in [0.717, 1.165) is 6.54 Å². The molecule has 0 spiro atoms. The molecule has 0 N–H and O–H groups in total. The summed E-state index contributed by atoms with van der Waals surface area (Å²) in [6, 6.07) is 5.30. The van der Waals surface area contributed by atoms with Crippen LogP contribution >= 0.6 is 9.24 Å². The number of anilines is 1. The maximum atomic E-state index is 3.00. The molecule has 0 aliphatic rings. The van der Waals surface area contributed by atoms with Crippen LogP contribution in [-0.4, -0.2) is 12.6 Å². The molecule has 0 heterocycles. The number of hydrogen-bond donors (Lipinski definition) is 0. The molecule has 21 heavy (non-hydrogen) atoms. The highest BCUT2D eigenvalue weighted by Gasteiger charge is 2.25. The lowest BCUT2D eigenvalue weighted by Crippen LogP contribution is -2.35. The van der Waals surface area contributed by atoms with Gasteiger partial charge in [-0.2, -0.15) is 0 Å². The third-order valence-corrected chi connectivity index (χ3v) is 4.71. The summed E-state index contributed by atoms with van der Waals surface area (Å²) in [4.78, 5) is 2.49. The molecule has 0 radical (unpaired) electrons. The highest BCUT2D eigenvalue weighted by Crippen LogP contribution is 2.33. The summed E-state index contributed by atoms with van der Waals surface area (Å²) in [6.07, 6.45) is 0. The molecule has 0 aromatic heterocycles. The quantitative estimate of drug-likeness (QED) is 0.709. The van der Waals surface area contributed by atoms with E-state index >= 15 is 0 Å². The molecule has 0 aliphatic carbocycles. The van der Waals surface area contributed by atoms with E-state index in [9.17, 15) is 0 Å². The second kappa shape index (κ2) is 6.29. The van der Waals surface area contributed by atoms with Crippen molar-refractivity contribution in [2.45, 2.75) is 79.2 Å². The Kier molecular flexibility index (Phi) is 5.54. The van der Waals surface area contributed by atoms with Gasteiger partial charge in [0.05, 0.1) is 0 Å². The van der Waals surface area contributed by atoms with E-state index < -0.39 is 0 Å². The Hall–Kier alpha value is -0.550. The van der Waals surface area contributed by atoms with Crippen molar-refractivity contribution in [2.75, 3.05) is 11.4 Å². The van der Waals surface area contributed by atoms with Crippen LogP contribution in [0.1, 0.15) is 73.4 Å². The molecule has 1 nitrogen and oxygen atoms in total. The van der Waals surface area contributed by atoms with E-state index in [2.05, 4.69) is 88.6 Å². The molecule has 0 aliphatic heterocycles. The zero-order chi connectivity index (χ0) is 16.6.